The molecule has 0 atom stereocenters. The fourth-order valence-electron chi connectivity index (χ4n) is 3.88. The van der Waals surface area contributed by atoms with Gasteiger partial charge in [0.15, 0.2) is 0 Å². The number of fused-ring (bicyclic) bond motifs is 2. The molecule has 2 saturated heterocycles. The molecule has 1 aromatic carbocycles. The number of nitrogens with one attached hydrogen (secondary N) is 1. The summed E-state index contributed by atoms with van der Waals surface area (Å²) in [6.45, 7) is 4.25. The fraction of sp³-hybridized carbons (Fsp3) is 0.529. The third-order valence-corrected chi connectivity index (χ3v) is 5.39. The molecule has 0 unspecified atom stereocenters. The minimum absolute atomic E-state index is 0.0824. The predicted molar refractivity (Wildman–Crippen MR) is 81.5 cm³/mol. The van der Waals surface area contributed by atoms with Crippen molar-refractivity contribution in [2.45, 2.75) is 25.2 Å². The topological polar surface area (TPSA) is 58.6 Å². The molecular formula is C17H20N2O3. The first-order valence-electron chi connectivity index (χ1n) is 7.83. The second-order valence-corrected chi connectivity index (χ2v) is 6.93. The van der Waals surface area contributed by atoms with Gasteiger partial charge in [-0.1, -0.05) is 18.2 Å². The van der Waals surface area contributed by atoms with Gasteiger partial charge in [-0.2, -0.15) is 0 Å². The summed E-state index contributed by atoms with van der Waals surface area (Å²) in [4.78, 5) is 27.0. The highest BCUT2D eigenvalue weighted by atomic mass is 16.5. The molecule has 0 bridgehead atoms. The Morgan fingerprint density at radius 3 is 2.55 bits per heavy atom. The Balaban J connectivity index is 1.54. The lowest BCUT2D eigenvalue weighted by molar-refractivity contribution is -0.170. The van der Waals surface area contributed by atoms with E-state index in [1.54, 1.807) is 0 Å². The lowest BCUT2D eigenvalue weighted by Crippen LogP contribution is -2.57. The van der Waals surface area contributed by atoms with Crippen molar-refractivity contribution in [2.24, 2.45) is 5.41 Å². The zero-order chi connectivity index (χ0) is 15.4. The summed E-state index contributed by atoms with van der Waals surface area (Å²) in [7, 11) is 0. The van der Waals surface area contributed by atoms with Gasteiger partial charge >= 0.3 is 0 Å². The molecule has 2 amide bonds. The summed E-state index contributed by atoms with van der Waals surface area (Å²) in [5.41, 5.74) is 1.20. The summed E-state index contributed by atoms with van der Waals surface area (Å²) in [5, 5.41) is 2.99. The third-order valence-electron chi connectivity index (χ3n) is 5.39. The summed E-state index contributed by atoms with van der Waals surface area (Å²) in [6, 6.07) is 7.90. The van der Waals surface area contributed by atoms with Crippen LogP contribution in [0.15, 0.2) is 24.3 Å². The van der Waals surface area contributed by atoms with Crippen molar-refractivity contribution < 1.29 is 14.3 Å². The van der Waals surface area contributed by atoms with Gasteiger partial charge in [0.25, 0.3) is 0 Å². The van der Waals surface area contributed by atoms with E-state index in [-0.39, 0.29) is 17.2 Å². The average molecular weight is 300 g/mol. The van der Waals surface area contributed by atoms with Crippen LogP contribution in [-0.4, -0.2) is 43.0 Å². The Morgan fingerprint density at radius 1 is 1.23 bits per heavy atom. The minimum atomic E-state index is -0.454. The predicted octanol–water partition coefficient (Wildman–Crippen LogP) is 1.54. The van der Waals surface area contributed by atoms with Crippen LogP contribution in [0.1, 0.15) is 25.3 Å². The van der Waals surface area contributed by atoms with Gasteiger partial charge in [0.2, 0.25) is 11.8 Å². The number of hydrogen-bond donors (Lipinski definition) is 1. The van der Waals surface area contributed by atoms with E-state index in [1.165, 1.54) is 0 Å². The van der Waals surface area contributed by atoms with Crippen molar-refractivity contribution in [3.8, 4) is 0 Å². The lowest BCUT2D eigenvalue weighted by Gasteiger charge is -2.44. The maximum atomic E-state index is 12.6. The van der Waals surface area contributed by atoms with E-state index < -0.39 is 5.41 Å². The third kappa shape index (κ3) is 1.75. The molecular weight excluding hydrogens is 280 g/mol. The normalized spacial score (nSPS) is 24.6. The van der Waals surface area contributed by atoms with Gasteiger partial charge in [-0.15, -0.1) is 0 Å². The van der Waals surface area contributed by atoms with Gasteiger partial charge in [-0.05, 0) is 31.4 Å². The quantitative estimate of drug-likeness (QED) is 0.856. The molecule has 1 spiro atoms. The van der Waals surface area contributed by atoms with E-state index in [0.29, 0.717) is 39.1 Å². The van der Waals surface area contributed by atoms with Crippen molar-refractivity contribution in [1.29, 1.82) is 0 Å². The van der Waals surface area contributed by atoms with E-state index in [2.05, 4.69) is 5.32 Å². The number of carbonyl (C=O) groups excluding carboxylic acids is 2. The van der Waals surface area contributed by atoms with Crippen LogP contribution in [0.4, 0.5) is 5.69 Å². The van der Waals surface area contributed by atoms with Crippen molar-refractivity contribution in [1.82, 2.24) is 4.90 Å². The van der Waals surface area contributed by atoms with Gasteiger partial charge in [0.1, 0.15) is 0 Å². The number of para-hydroxylation sites is 1. The van der Waals surface area contributed by atoms with E-state index in [4.69, 9.17) is 4.74 Å². The molecule has 0 saturated carbocycles. The van der Waals surface area contributed by atoms with Gasteiger partial charge in [0, 0.05) is 18.8 Å². The SMILES string of the molecule is CC1(C(=O)N2CCC3(CC2)C(=O)Nc2ccccc23)COC1. The number of hydrogen-bond acceptors (Lipinski definition) is 3. The lowest BCUT2D eigenvalue weighted by atomic mass is 9.73. The van der Waals surface area contributed by atoms with Gasteiger partial charge in [-0.25, -0.2) is 0 Å². The van der Waals surface area contributed by atoms with Gasteiger partial charge < -0.3 is 15.0 Å². The van der Waals surface area contributed by atoms with Crippen LogP contribution in [-0.2, 0) is 19.7 Å². The highest BCUT2D eigenvalue weighted by Gasteiger charge is 2.51. The number of anilines is 1. The Bertz CT molecular complexity index is 643. The summed E-state index contributed by atoms with van der Waals surface area (Å²) < 4.78 is 5.20. The summed E-state index contributed by atoms with van der Waals surface area (Å²) in [6.07, 6.45) is 1.39. The zero-order valence-corrected chi connectivity index (χ0v) is 12.7. The van der Waals surface area contributed by atoms with Crippen LogP contribution in [0.25, 0.3) is 0 Å². The molecule has 3 aliphatic heterocycles. The number of ether oxygens (including phenoxy) is 1. The van der Waals surface area contributed by atoms with E-state index in [0.717, 1.165) is 11.3 Å². The van der Waals surface area contributed by atoms with Crippen LogP contribution in [0, 0.1) is 5.41 Å². The van der Waals surface area contributed by atoms with Crippen molar-refractivity contribution in [2.75, 3.05) is 31.6 Å². The highest BCUT2D eigenvalue weighted by molar-refractivity contribution is 6.06. The van der Waals surface area contributed by atoms with Gasteiger partial charge in [-0.3, -0.25) is 9.59 Å². The standard InChI is InChI=1S/C17H20N2O3/c1-16(10-22-11-16)15(21)19-8-6-17(7-9-19)12-4-2-3-5-13(12)18-14(17)20/h2-5H,6-11H2,1H3,(H,18,20). The van der Waals surface area contributed by atoms with Crippen LogP contribution < -0.4 is 5.32 Å². The smallest absolute Gasteiger partial charge is 0.235 e. The number of nitrogens with zero attached hydrogens (tertiary/aromatic N) is 1. The molecule has 3 heterocycles. The monoisotopic (exact) mass is 300 g/mol. The molecule has 2 fully saturated rings. The van der Waals surface area contributed by atoms with Crippen molar-refractivity contribution in [3.63, 3.8) is 0 Å². The number of likely N-dealkylation sites (tertiary alicyclic amines) is 1. The first-order valence-corrected chi connectivity index (χ1v) is 7.83. The van der Waals surface area contributed by atoms with Crippen LogP contribution in [0.2, 0.25) is 0 Å². The Morgan fingerprint density at radius 2 is 1.91 bits per heavy atom. The first-order chi connectivity index (χ1) is 10.6. The average Bonchev–Trinajstić information content (AvgIpc) is 2.78. The molecule has 0 aromatic heterocycles. The maximum Gasteiger partial charge on any atom is 0.235 e. The molecule has 116 valence electrons. The van der Waals surface area contributed by atoms with Crippen molar-refractivity contribution >= 4 is 17.5 Å². The number of amides is 2. The number of piperidine rings is 1. The number of carbonyl (C=O) groups is 2. The molecule has 5 heteroatoms. The maximum absolute atomic E-state index is 12.6. The summed E-state index contributed by atoms with van der Waals surface area (Å²) in [5.74, 6) is 0.249. The zero-order valence-electron chi connectivity index (χ0n) is 12.7. The van der Waals surface area contributed by atoms with Crippen molar-refractivity contribution in [3.05, 3.63) is 29.8 Å². The molecule has 1 N–H and O–H groups in total. The second-order valence-electron chi connectivity index (χ2n) is 6.93. The highest BCUT2D eigenvalue weighted by Crippen LogP contribution is 2.45. The Hall–Kier alpha value is -1.88. The molecule has 1 aromatic rings. The summed E-state index contributed by atoms with van der Waals surface area (Å²) >= 11 is 0. The largest absolute Gasteiger partial charge is 0.379 e. The van der Waals surface area contributed by atoms with Gasteiger partial charge in [0.05, 0.1) is 24.0 Å². The molecule has 3 aliphatic rings. The molecule has 5 nitrogen and oxygen atoms in total. The number of rotatable bonds is 1. The molecule has 22 heavy (non-hydrogen) atoms. The fourth-order valence-corrected chi connectivity index (χ4v) is 3.88. The molecule has 4 rings (SSSR count). The van der Waals surface area contributed by atoms with Crippen LogP contribution in [0.3, 0.4) is 0 Å². The number of benzene rings is 1. The molecule has 0 radical (unpaired) electrons. The second kappa shape index (κ2) is 4.56. The minimum Gasteiger partial charge on any atom is -0.379 e. The van der Waals surface area contributed by atoms with Crippen LogP contribution >= 0.6 is 0 Å². The van der Waals surface area contributed by atoms with Crippen LogP contribution in [0.5, 0.6) is 0 Å². The Kier molecular flexibility index (Phi) is 2.85. The van der Waals surface area contributed by atoms with E-state index >= 15 is 0 Å². The molecule has 0 aliphatic carbocycles. The van der Waals surface area contributed by atoms with E-state index in [9.17, 15) is 9.59 Å². The Labute approximate surface area is 129 Å². The van der Waals surface area contributed by atoms with E-state index in [1.807, 2.05) is 36.1 Å². The first kappa shape index (κ1) is 13.8.